The molecule has 0 heterocycles. The monoisotopic (exact) mass is 191 g/mol. The Bertz CT molecular complexity index is 138. The number of likely N-dealkylation sites (N-methyl/N-ethyl adjacent to an activating group) is 1. The Balaban J connectivity index is 0. The lowest BCUT2D eigenvalue weighted by Crippen LogP contribution is -2.36. The molecule has 0 saturated heterocycles. The Labute approximate surface area is 80.4 Å². The maximum Gasteiger partial charge on any atom is 0.101 e. The predicted octanol–water partition coefficient (Wildman–Crippen LogP) is -0.923. The van der Waals surface area contributed by atoms with E-state index in [-0.39, 0.29) is 12.5 Å². The van der Waals surface area contributed by atoms with Gasteiger partial charge in [0, 0.05) is 5.97 Å². The lowest BCUT2D eigenvalue weighted by atomic mass is 10.2. The van der Waals surface area contributed by atoms with Crippen molar-refractivity contribution in [3.63, 3.8) is 0 Å². The van der Waals surface area contributed by atoms with Crippen LogP contribution in [0.25, 0.3) is 0 Å². The van der Waals surface area contributed by atoms with Crippen molar-refractivity contribution in [3.8, 4) is 0 Å². The summed E-state index contributed by atoms with van der Waals surface area (Å²) in [6.07, 6.45) is 0. The van der Waals surface area contributed by atoms with Crippen molar-refractivity contribution in [2.75, 3.05) is 34.3 Å². The molecular formula is C9H21NO3. The molecule has 0 aliphatic rings. The van der Waals surface area contributed by atoms with E-state index >= 15 is 0 Å². The lowest BCUT2D eigenvalue weighted by molar-refractivity contribution is -0.870. The summed E-state index contributed by atoms with van der Waals surface area (Å²) in [6.45, 7) is 4.27. The zero-order valence-corrected chi connectivity index (χ0v) is 9.20. The smallest absolute Gasteiger partial charge is 0.101 e. The van der Waals surface area contributed by atoms with E-state index in [0.717, 1.165) is 11.0 Å². The summed E-state index contributed by atoms with van der Waals surface area (Å²) in [7, 11) is 6.16. The van der Waals surface area contributed by atoms with E-state index < -0.39 is 5.97 Å². The molecule has 0 radical (unpaired) electrons. The second-order valence-corrected chi connectivity index (χ2v) is 4.21. The highest BCUT2D eigenvalue weighted by atomic mass is 16.4. The number of carbonyl (C=O) groups excluding carboxylic acids is 1. The van der Waals surface area contributed by atoms with Crippen LogP contribution < -0.4 is 5.11 Å². The van der Waals surface area contributed by atoms with Crippen LogP contribution in [0.15, 0.2) is 0 Å². The van der Waals surface area contributed by atoms with Crippen molar-refractivity contribution in [1.82, 2.24) is 0 Å². The average molecular weight is 191 g/mol. The van der Waals surface area contributed by atoms with E-state index in [1.807, 2.05) is 0 Å². The van der Waals surface area contributed by atoms with Crippen molar-refractivity contribution >= 4 is 5.97 Å². The highest BCUT2D eigenvalue weighted by molar-refractivity contribution is 5.66. The Hall–Kier alpha value is -0.610. The molecule has 0 bridgehead atoms. The molecule has 1 N–H and O–H groups in total. The number of aliphatic carboxylic acids is 1. The van der Waals surface area contributed by atoms with Gasteiger partial charge in [0.2, 0.25) is 0 Å². The van der Waals surface area contributed by atoms with Gasteiger partial charge < -0.3 is 19.5 Å². The standard InChI is InChI=1S/C5H14NO.C4H8O2/c1-6(2,3)4-5-7;1-3(2)4(5)6/h7H,4-5H2,1-3H3;3H,1-2H3,(H,5,6)/q+1;/p-1. The number of carbonyl (C=O) groups is 1. The summed E-state index contributed by atoms with van der Waals surface area (Å²) in [5.41, 5.74) is 0. The van der Waals surface area contributed by atoms with Crippen molar-refractivity contribution < 1.29 is 19.5 Å². The first-order valence-corrected chi connectivity index (χ1v) is 4.33. The van der Waals surface area contributed by atoms with Crippen LogP contribution in [0.3, 0.4) is 0 Å². The summed E-state index contributed by atoms with van der Waals surface area (Å²) in [4.78, 5) is 9.59. The molecule has 0 atom stereocenters. The molecule has 80 valence electrons. The molecule has 0 aromatic rings. The summed E-state index contributed by atoms with van der Waals surface area (Å²) in [5.74, 6) is -1.33. The number of quaternary nitrogens is 1. The molecule has 0 aromatic carbocycles. The van der Waals surface area contributed by atoms with Crippen LogP contribution in [0.1, 0.15) is 13.8 Å². The van der Waals surface area contributed by atoms with E-state index in [1.165, 1.54) is 0 Å². The van der Waals surface area contributed by atoms with Gasteiger partial charge in [-0.2, -0.15) is 0 Å². The van der Waals surface area contributed by atoms with Crippen LogP contribution in [-0.4, -0.2) is 49.9 Å². The van der Waals surface area contributed by atoms with Crippen LogP contribution in [0.4, 0.5) is 0 Å². The first-order valence-electron chi connectivity index (χ1n) is 4.33. The molecule has 0 saturated carbocycles. The van der Waals surface area contributed by atoms with E-state index in [9.17, 15) is 9.90 Å². The summed E-state index contributed by atoms with van der Waals surface area (Å²) < 4.78 is 0.844. The first-order chi connectivity index (χ1) is 5.70. The number of aliphatic hydroxyl groups excluding tert-OH is 1. The normalized spacial score (nSPS) is 10.7. The Morgan fingerprint density at radius 3 is 1.69 bits per heavy atom. The number of nitrogens with zero attached hydrogens (tertiary/aromatic N) is 1. The molecule has 4 heteroatoms. The molecular weight excluding hydrogens is 170 g/mol. The third kappa shape index (κ3) is 18.4. The highest BCUT2D eigenvalue weighted by Crippen LogP contribution is 1.85. The number of carboxylic acid groups (broad SMARTS) is 1. The molecule has 4 nitrogen and oxygen atoms in total. The minimum Gasteiger partial charge on any atom is -0.550 e. The summed E-state index contributed by atoms with van der Waals surface area (Å²) >= 11 is 0. The largest absolute Gasteiger partial charge is 0.550 e. The van der Waals surface area contributed by atoms with E-state index in [0.29, 0.717) is 0 Å². The zero-order chi connectivity index (χ0) is 11.1. The molecule has 0 amide bonds. The predicted molar refractivity (Wildman–Crippen MR) is 49.8 cm³/mol. The molecule has 0 aliphatic carbocycles. The zero-order valence-electron chi connectivity index (χ0n) is 9.20. The fourth-order valence-electron chi connectivity index (χ4n) is 0.300. The van der Waals surface area contributed by atoms with Gasteiger partial charge in [0.1, 0.15) is 6.54 Å². The van der Waals surface area contributed by atoms with Crippen molar-refractivity contribution in [2.45, 2.75) is 13.8 Å². The van der Waals surface area contributed by atoms with Crippen LogP contribution in [0, 0.1) is 5.92 Å². The van der Waals surface area contributed by atoms with Gasteiger partial charge in [-0.25, -0.2) is 0 Å². The third-order valence-corrected chi connectivity index (χ3v) is 1.24. The van der Waals surface area contributed by atoms with Gasteiger partial charge in [-0.15, -0.1) is 0 Å². The van der Waals surface area contributed by atoms with Crippen molar-refractivity contribution in [1.29, 1.82) is 0 Å². The van der Waals surface area contributed by atoms with Gasteiger partial charge in [0.15, 0.2) is 0 Å². The Morgan fingerprint density at radius 2 is 1.69 bits per heavy atom. The Kier molecular flexibility index (Phi) is 7.85. The molecule has 0 unspecified atom stereocenters. The van der Waals surface area contributed by atoms with Crippen LogP contribution in [-0.2, 0) is 4.79 Å². The fraction of sp³-hybridized carbons (Fsp3) is 0.889. The fourth-order valence-corrected chi connectivity index (χ4v) is 0.300. The minimum absolute atomic E-state index is 0.281. The molecule has 0 aromatic heterocycles. The van der Waals surface area contributed by atoms with Gasteiger partial charge in [-0.05, 0) is 5.92 Å². The van der Waals surface area contributed by atoms with Gasteiger partial charge in [-0.3, -0.25) is 0 Å². The van der Waals surface area contributed by atoms with E-state index in [1.54, 1.807) is 13.8 Å². The van der Waals surface area contributed by atoms with Gasteiger partial charge in [-0.1, -0.05) is 13.8 Å². The highest BCUT2D eigenvalue weighted by Gasteiger charge is 2.02. The van der Waals surface area contributed by atoms with Crippen LogP contribution in [0.5, 0.6) is 0 Å². The topological polar surface area (TPSA) is 60.4 Å². The first kappa shape index (κ1) is 14.9. The maximum atomic E-state index is 9.59. The third-order valence-electron chi connectivity index (χ3n) is 1.24. The number of hydrogen-bond donors (Lipinski definition) is 1. The number of rotatable bonds is 3. The number of aliphatic hydroxyl groups is 1. The SMILES string of the molecule is CC(C)C(=O)[O-].C[N+](C)(C)CCO. The Morgan fingerprint density at radius 1 is 1.38 bits per heavy atom. The minimum atomic E-state index is -0.991. The quantitative estimate of drug-likeness (QED) is 0.587. The average Bonchev–Trinajstić information content (AvgIpc) is 1.85. The van der Waals surface area contributed by atoms with Crippen molar-refractivity contribution in [2.24, 2.45) is 5.92 Å². The van der Waals surface area contributed by atoms with E-state index in [4.69, 9.17) is 5.11 Å². The molecule has 0 rings (SSSR count). The van der Waals surface area contributed by atoms with Crippen LogP contribution >= 0.6 is 0 Å². The number of hydrogen-bond acceptors (Lipinski definition) is 3. The molecule has 13 heavy (non-hydrogen) atoms. The van der Waals surface area contributed by atoms with Crippen molar-refractivity contribution in [3.05, 3.63) is 0 Å². The summed E-state index contributed by atoms with van der Waals surface area (Å²) in [5, 5.41) is 18.0. The van der Waals surface area contributed by atoms with Gasteiger partial charge >= 0.3 is 0 Å². The molecule has 0 fully saturated rings. The maximum absolute atomic E-state index is 9.59. The van der Waals surface area contributed by atoms with E-state index in [2.05, 4.69) is 21.1 Å². The van der Waals surface area contributed by atoms with Gasteiger partial charge in [0.25, 0.3) is 0 Å². The summed E-state index contributed by atoms with van der Waals surface area (Å²) in [6, 6.07) is 0. The second-order valence-electron chi connectivity index (χ2n) is 4.21. The van der Waals surface area contributed by atoms with Crippen LogP contribution in [0.2, 0.25) is 0 Å². The second kappa shape index (κ2) is 6.86. The number of carboxylic acids is 1. The lowest BCUT2D eigenvalue weighted by Gasteiger charge is -2.21. The van der Waals surface area contributed by atoms with Gasteiger partial charge in [0.05, 0.1) is 27.7 Å². The molecule has 0 aliphatic heterocycles. The molecule has 0 spiro atoms.